The summed E-state index contributed by atoms with van der Waals surface area (Å²) in [6, 6.07) is 7.84. The van der Waals surface area contributed by atoms with Gasteiger partial charge in [-0.1, -0.05) is 23.9 Å². The average Bonchev–Trinajstić information content (AvgIpc) is 2.57. The first-order valence-corrected chi connectivity index (χ1v) is 5.15. The van der Waals surface area contributed by atoms with E-state index in [0.29, 0.717) is 5.75 Å². The first kappa shape index (κ1) is 9.08. The van der Waals surface area contributed by atoms with E-state index < -0.39 is 0 Å². The van der Waals surface area contributed by atoms with Crippen LogP contribution in [0.4, 0.5) is 0 Å². The lowest BCUT2D eigenvalue weighted by molar-refractivity contribution is 1.14. The molecule has 0 aliphatic heterocycles. The third-order valence-corrected chi connectivity index (χ3v) is 2.53. The molecule has 4 N–H and O–H groups in total. The van der Waals surface area contributed by atoms with Crippen molar-refractivity contribution in [2.24, 2.45) is 5.73 Å². The van der Waals surface area contributed by atoms with Crippen LogP contribution in [0.15, 0.2) is 24.3 Å². The molecule has 1 aromatic heterocycles. The second-order valence-electron chi connectivity index (χ2n) is 2.85. The monoisotopic (exact) mass is 206 g/mol. The quantitative estimate of drug-likeness (QED) is 0.516. The fourth-order valence-electron chi connectivity index (χ4n) is 1.22. The van der Waals surface area contributed by atoms with E-state index in [-0.39, 0.29) is 5.17 Å². The SMILES string of the molecule is N=C(N)SCc1nc2ccccc2[nH]1. The first-order chi connectivity index (χ1) is 6.75. The van der Waals surface area contributed by atoms with E-state index in [4.69, 9.17) is 11.1 Å². The van der Waals surface area contributed by atoms with Crippen molar-refractivity contribution in [1.82, 2.24) is 9.97 Å². The van der Waals surface area contributed by atoms with Gasteiger partial charge in [-0.15, -0.1) is 0 Å². The molecule has 0 fully saturated rings. The molecule has 0 bridgehead atoms. The van der Waals surface area contributed by atoms with Crippen LogP contribution in [0.25, 0.3) is 11.0 Å². The standard InChI is InChI=1S/C9H10N4S/c10-9(11)14-5-8-12-6-3-1-2-4-7(6)13-8/h1-4H,5H2,(H3,10,11)(H,12,13). The van der Waals surface area contributed by atoms with Crippen molar-refractivity contribution in [3.63, 3.8) is 0 Å². The minimum Gasteiger partial charge on any atom is -0.379 e. The highest BCUT2D eigenvalue weighted by atomic mass is 32.2. The zero-order valence-corrected chi connectivity index (χ0v) is 8.27. The Morgan fingerprint density at radius 1 is 1.50 bits per heavy atom. The van der Waals surface area contributed by atoms with Crippen molar-refractivity contribution in [3.05, 3.63) is 30.1 Å². The Hall–Kier alpha value is -1.49. The van der Waals surface area contributed by atoms with E-state index in [1.807, 2.05) is 24.3 Å². The Morgan fingerprint density at radius 3 is 3.00 bits per heavy atom. The molecule has 0 atom stereocenters. The van der Waals surface area contributed by atoms with Crippen molar-refractivity contribution in [1.29, 1.82) is 5.41 Å². The number of thioether (sulfide) groups is 1. The Balaban J connectivity index is 2.22. The van der Waals surface area contributed by atoms with E-state index >= 15 is 0 Å². The summed E-state index contributed by atoms with van der Waals surface area (Å²) < 4.78 is 0. The fraction of sp³-hybridized carbons (Fsp3) is 0.111. The number of hydrogen-bond acceptors (Lipinski definition) is 3. The summed E-state index contributed by atoms with van der Waals surface area (Å²) >= 11 is 1.27. The molecular weight excluding hydrogens is 196 g/mol. The van der Waals surface area contributed by atoms with Crippen LogP contribution in [0.1, 0.15) is 5.82 Å². The highest BCUT2D eigenvalue weighted by molar-refractivity contribution is 8.12. The van der Waals surface area contributed by atoms with E-state index in [9.17, 15) is 0 Å². The summed E-state index contributed by atoms with van der Waals surface area (Å²) in [4.78, 5) is 7.52. The van der Waals surface area contributed by atoms with Crippen molar-refractivity contribution < 1.29 is 0 Å². The third kappa shape index (κ3) is 1.88. The minimum absolute atomic E-state index is 0.116. The summed E-state index contributed by atoms with van der Waals surface area (Å²) in [5, 5.41) is 7.19. The molecule has 4 nitrogen and oxygen atoms in total. The lowest BCUT2D eigenvalue weighted by Gasteiger charge is -1.93. The maximum absolute atomic E-state index is 7.08. The number of fused-ring (bicyclic) bond motifs is 1. The number of aromatic amines is 1. The zero-order chi connectivity index (χ0) is 9.97. The number of hydrogen-bond donors (Lipinski definition) is 3. The largest absolute Gasteiger partial charge is 0.379 e. The summed E-state index contributed by atoms with van der Waals surface area (Å²) in [5.74, 6) is 1.47. The normalized spacial score (nSPS) is 10.6. The van der Waals surface area contributed by atoms with Crippen molar-refractivity contribution in [3.8, 4) is 0 Å². The first-order valence-electron chi connectivity index (χ1n) is 4.16. The van der Waals surface area contributed by atoms with Crippen molar-refractivity contribution in [2.45, 2.75) is 5.75 Å². The molecule has 0 saturated heterocycles. The van der Waals surface area contributed by atoms with Crippen LogP contribution in [0.2, 0.25) is 0 Å². The number of nitrogens with two attached hydrogens (primary N) is 1. The number of benzene rings is 1. The molecule has 0 aliphatic rings. The van der Waals surface area contributed by atoms with Crippen LogP contribution in [0, 0.1) is 5.41 Å². The van der Waals surface area contributed by atoms with Gasteiger partial charge in [-0.05, 0) is 12.1 Å². The highest BCUT2D eigenvalue weighted by Crippen LogP contribution is 2.14. The van der Waals surface area contributed by atoms with Crippen LogP contribution in [0.3, 0.4) is 0 Å². The molecule has 0 radical (unpaired) electrons. The predicted molar refractivity (Wildman–Crippen MR) is 59.3 cm³/mol. The summed E-state index contributed by atoms with van der Waals surface area (Å²) in [5.41, 5.74) is 7.21. The molecule has 0 unspecified atom stereocenters. The second-order valence-corrected chi connectivity index (χ2v) is 3.87. The summed E-state index contributed by atoms with van der Waals surface area (Å²) in [7, 11) is 0. The average molecular weight is 206 g/mol. The third-order valence-electron chi connectivity index (χ3n) is 1.80. The maximum Gasteiger partial charge on any atom is 0.151 e. The van der Waals surface area contributed by atoms with Gasteiger partial charge in [0.1, 0.15) is 5.82 Å². The number of para-hydroxylation sites is 2. The Bertz CT molecular complexity index is 430. The number of nitrogens with zero attached hydrogens (tertiary/aromatic N) is 1. The van der Waals surface area contributed by atoms with E-state index in [2.05, 4.69) is 9.97 Å². The van der Waals surface area contributed by atoms with Crippen LogP contribution >= 0.6 is 11.8 Å². The topological polar surface area (TPSA) is 78.6 Å². The van der Waals surface area contributed by atoms with Crippen molar-refractivity contribution in [2.75, 3.05) is 0 Å². The minimum atomic E-state index is 0.116. The number of rotatable bonds is 2. The van der Waals surface area contributed by atoms with E-state index in [0.717, 1.165) is 16.9 Å². The molecule has 2 aromatic rings. The summed E-state index contributed by atoms with van der Waals surface area (Å²) in [6.07, 6.45) is 0. The number of imidazole rings is 1. The molecule has 5 heteroatoms. The molecule has 1 aromatic carbocycles. The molecule has 72 valence electrons. The lowest BCUT2D eigenvalue weighted by Crippen LogP contribution is -2.04. The summed E-state index contributed by atoms with van der Waals surface area (Å²) in [6.45, 7) is 0. The van der Waals surface area contributed by atoms with Gasteiger partial charge in [0, 0.05) is 0 Å². The molecule has 14 heavy (non-hydrogen) atoms. The van der Waals surface area contributed by atoms with Gasteiger partial charge in [-0.3, -0.25) is 5.41 Å². The molecule has 2 rings (SSSR count). The number of nitrogens with one attached hydrogen (secondary N) is 2. The van der Waals surface area contributed by atoms with Gasteiger partial charge in [0.25, 0.3) is 0 Å². The number of amidine groups is 1. The predicted octanol–water partition coefficient (Wildman–Crippen LogP) is 1.69. The molecule has 0 aliphatic carbocycles. The molecular formula is C9H10N4S. The van der Waals surface area contributed by atoms with Gasteiger partial charge >= 0.3 is 0 Å². The Kier molecular flexibility index (Phi) is 2.41. The van der Waals surface area contributed by atoms with Gasteiger partial charge in [-0.25, -0.2) is 4.98 Å². The lowest BCUT2D eigenvalue weighted by atomic mass is 10.3. The van der Waals surface area contributed by atoms with Gasteiger partial charge in [0.2, 0.25) is 0 Å². The van der Waals surface area contributed by atoms with Crippen LogP contribution in [-0.4, -0.2) is 15.1 Å². The number of aromatic nitrogens is 2. The van der Waals surface area contributed by atoms with E-state index in [1.165, 1.54) is 11.8 Å². The van der Waals surface area contributed by atoms with Gasteiger partial charge in [0.05, 0.1) is 16.8 Å². The molecule has 0 amide bonds. The van der Waals surface area contributed by atoms with Gasteiger partial charge in [-0.2, -0.15) is 0 Å². The highest BCUT2D eigenvalue weighted by Gasteiger charge is 2.02. The molecule has 0 saturated carbocycles. The van der Waals surface area contributed by atoms with Crippen LogP contribution in [0.5, 0.6) is 0 Å². The number of H-pyrrole nitrogens is 1. The van der Waals surface area contributed by atoms with Crippen molar-refractivity contribution >= 4 is 28.0 Å². The fourth-order valence-corrected chi connectivity index (χ4v) is 1.65. The molecule has 1 heterocycles. The molecule has 0 spiro atoms. The van der Waals surface area contributed by atoms with Gasteiger partial charge < -0.3 is 10.7 Å². The second kappa shape index (κ2) is 3.71. The smallest absolute Gasteiger partial charge is 0.151 e. The Morgan fingerprint density at radius 2 is 2.29 bits per heavy atom. The Labute approximate surface area is 85.4 Å². The maximum atomic E-state index is 7.08. The van der Waals surface area contributed by atoms with E-state index in [1.54, 1.807) is 0 Å². The van der Waals surface area contributed by atoms with Crippen LogP contribution in [-0.2, 0) is 5.75 Å². The van der Waals surface area contributed by atoms with Gasteiger partial charge in [0.15, 0.2) is 5.17 Å². The zero-order valence-electron chi connectivity index (χ0n) is 7.45. The van der Waals surface area contributed by atoms with Crippen LogP contribution < -0.4 is 5.73 Å².